The Morgan fingerprint density at radius 1 is 1.25 bits per heavy atom. The summed E-state index contributed by atoms with van der Waals surface area (Å²) >= 11 is 0. The number of carbonyl (C=O) groups is 2. The molecule has 0 radical (unpaired) electrons. The summed E-state index contributed by atoms with van der Waals surface area (Å²) in [6, 6.07) is 6.41. The fourth-order valence-electron chi connectivity index (χ4n) is 2.90. The van der Waals surface area contributed by atoms with Crippen LogP contribution < -0.4 is 14.8 Å². The average Bonchev–Trinajstić information content (AvgIpc) is 3.23. The minimum atomic E-state index is -1.17. The molecule has 3 heterocycles. The number of rotatable bonds is 3. The first-order valence-electron chi connectivity index (χ1n) is 7.44. The summed E-state index contributed by atoms with van der Waals surface area (Å²) in [4.78, 5) is 26.3. The minimum absolute atomic E-state index is 0.0577. The van der Waals surface area contributed by atoms with Gasteiger partial charge in [0, 0.05) is 6.07 Å². The van der Waals surface area contributed by atoms with E-state index in [-0.39, 0.29) is 19.2 Å². The summed E-state index contributed by atoms with van der Waals surface area (Å²) in [6.45, 7) is 3.62. The van der Waals surface area contributed by atoms with Gasteiger partial charge in [0.05, 0.1) is 6.54 Å². The zero-order chi connectivity index (χ0) is 16.9. The number of hydrogen-bond donors (Lipinski definition) is 1. The van der Waals surface area contributed by atoms with Crippen molar-refractivity contribution in [3.63, 3.8) is 0 Å². The van der Waals surface area contributed by atoms with Crippen LogP contribution in [0.5, 0.6) is 11.5 Å². The molecule has 24 heavy (non-hydrogen) atoms. The van der Waals surface area contributed by atoms with Gasteiger partial charge in [0.15, 0.2) is 11.5 Å². The number of amides is 3. The topological polar surface area (TPSA) is 93.9 Å². The van der Waals surface area contributed by atoms with Gasteiger partial charge in [-0.05, 0) is 31.5 Å². The fourth-order valence-corrected chi connectivity index (χ4v) is 2.90. The number of ether oxygens (including phenoxy) is 2. The van der Waals surface area contributed by atoms with E-state index < -0.39 is 11.6 Å². The molecule has 1 N–H and O–H groups in total. The number of imide groups is 1. The largest absolute Gasteiger partial charge is 0.454 e. The third-order valence-corrected chi connectivity index (χ3v) is 4.22. The molecule has 1 atom stereocenters. The maximum absolute atomic E-state index is 12.9. The first kappa shape index (κ1) is 14.6. The van der Waals surface area contributed by atoms with E-state index in [1.807, 2.05) is 0 Å². The predicted molar refractivity (Wildman–Crippen MR) is 80.2 cm³/mol. The van der Waals surface area contributed by atoms with Gasteiger partial charge in [-0.25, -0.2) is 4.79 Å². The molecule has 8 heteroatoms. The average molecular weight is 329 g/mol. The SMILES string of the molecule is Cc1cc(CN2C(=O)N[C@@](C)(c3ccc4c(c3)OCO4)C2=O)no1. The van der Waals surface area contributed by atoms with Crippen molar-refractivity contribution in [2.75, 3.05) is 6.79 Å². The molecule has 3 amide bonds. The second kappa shape index (κ2) is 4.98. The van der Waals surface area contributed by atoms with Crippen molar-refractivity contribution in [2.45, 2.75) is 25.9 Å². The van der Waals surface area contributed by atoms with Crippen molar-refractivity contribution in [2.24, 2.45) is 0 Å². The highest BCUT2D eigenvalue weighted by atomic mass is 16.7. The predicted octanol–water partition coefficient (Wildman–Crippen LogP) is 1.68. The zero-order valence-electron chi connectivity index (χ0n) is 13.2. The number of nitrogens with one attached hydrogen (secondary N) is 1. The molecule has 0 saturated carbocycles. The molecule has 2 aromatic rings. The van der Waals surface area contributed by atoms with E-state index in [1.165, 1.54) is 0 Å². The zero-order valence-corrected chi connectivity index (χ0v) is 13.2. The second-order valence-electron chi connectivity index (χ2n) is 5.94. The van der Waals surface area contributed by atoms with Crippen LogP contribution in [0.1, 0.15) is 23.9 Å². The molecule has 2 aliphatic heterocycles. The molecule has 1 aromatic heterocycles. The Morgan fingerprint density at radius 3 is 2.79 bits per heavy atom. The van der Waals surface area contributed by atoms with E-state index in [4.69, 9.17) is 14.0 Å². The third kappa shape index (κ3) is 2.10. The van der Waals surface area contributed by atoms with Crippen LogP contribution in [0.25, 0.3) is 0 Å². The highest BCUT2D eigenvalue weighted by Crippen LogP contribution is 2.38. The molecule has 1 saturated heterocycles. The summed E-state index contributed by atoms with van der Waals surface area (Å²) in [5, 5.41) is 6.58. The maximum atomic E-state index is 12.9. The maximum Gasteiger partial charge on any atom is 0.325 e. The van der Waals surface area contributed by atoms with Crippen LogP contribution >= 0.6 is 0 Å². The van der Waals surface area contributed by atoms with Gasteiger partial charge in [-0.15, -0.1) is 0 Å². The van der Waals surface area contributed by atoms with Gasteiger partial charge >= 0.3 is 6.03 Å². The van der Waals surface area contributed by atoms with Crippen LogP contribution in [-0.4, -0.2) is 28.8 Å². The summed E-state index contributed by atoms with van der Waals surface area (Å²) in [5.74, 6) is 1.44. The van der Waals surface area contributed by atoms with E-state index in [0.717, 1.165) is 4.90 Å². The van der Waals surface area contributed by atoms with E-state index in [0.29, 0.717) is 28.5 Å². The quantitative estimate of drug-likeness (QED) is 0.861. The molecule has 0 bridgehead atoms. The standard InChI is InChI=1S/C16H15N3O5/c1-9-5-11(18-24-9)7-19-14(20)16(2,17-15(19)21)10-3-4-12-13(6-10)23-8-22-12/h3-6H,7-8H2,1-2H3,(H,17,21)/t16-/m0/s1. The normalized spacial score (nSPS) is 22.2. The van der Waals surface area contributed by atoms with Crippen molar-refractivity contribution in [3.05, 3.63) is 41.3 Å². The van der Waals surface area contributed by atoms with Crippen LogP contribution in [0.3, 0.4) is 0 Å². The first-order valence-corrected chi connectivity index (χ1v) is 7.44. The van der Waals surface area contributed by atoms with Gasteiger partial charge in [0.2, 0.25) is 6.79 Å². The molecular weight excluding hydrogens is 314 g/mol. The van der Waals surface area contributed by atoms with E-state index in [9.17, 15) is 9.59 Å². The van der Waals surface area contributed by atoms with Crippen molar-refractivity contribution in [1.82, 2.24) is 15.4 Å². The van der Waals surface area contributed by atoms with Crippen molar-refractivity contribution >= 4 is 11.9 Å². The Kier molecular flexibility index (Phi) is 3.02. The number of carbonyl (C=O) groups excluding carboxylic acids is 2. The Hall–Kier alpha value is -3.03. The Morgan fingerprint density at radius 2 is 2.04 bits per heavy atom. The molecule has 0 aliphatic carbocycles. The first-order chi connectivity index (χ1) is 11.5. The van der Waals surface area contributed by atoms with Crippen molar-refractivity contribution < 1.29 is 23.6 Å². The Bertz CT molecular complexity index is 846. The molecule has 0 unspecified atom stereocenters. The van der Waals surface area contributed by atoms with Crippen LogP contribution in [0.4, 0.5) is 4.79 Å². The van der Waals surface area contributed by atoms with Gasteiger partial charge < -0.3 is 19.3 Å². The lowest BCUT2D eigenvalue weighted by Crippen LogP contribution is -2.40. The summed E-state index contributed by atoms with van der Waals surface area (Å²) in [7, 11) is 0. The van der Waals surface area contributed by atoms with Crippen LogP contribution in [0.15, 0.2) is 28.8 Å². The minimum Gasteiger partial charge on any atom is -0.454 e. The van der Waals surface area contributed by atoms with Crippen LogP contribution in [0.2, 0.25) is 0 Å². The lowest BCUT2D eigenvalue weighted by Gasteiger charge is -2.22. The molecule has 8 nitrogen and oxygen atoms in total. The van der Waals surface area contributed by atoms with Crippen LogP contribution in [-0.2, 0) is 16.9 Å². The number of aryl methyl sites for hydroxylation is 1. The van der Waals surface area contributed by atoms with Gasteiger partial charge in [0.25, 0.3) is 5.91 Å². The molecular formula is C16H15N3O5. The summed E-state index contributed by atoms with van der Waals surface area (Å²) < 4.78 is 15.6. The number of fused-ring (bicyclic) bond motifs is 1. The number of benzene rings is 1. The van der Waals surface area contributed by atoms with Crippen molar-refractivity contribution in [1.29, 1.82) is 0 Å². The molecule has 2 aliphatic rings. The third-order valence-electron chi connectivity index (χ3n) is 4.22. The monoisotopic (exact) mass is 329 g/mol. The molecule has 124 valence electrons. The fraction of sp³-hybridized carbons (Fsp3) is 0.312. The van der Waals surface area contributed by atoms with Crippen LogP contribution in [0, 0.1) is 6.92 Å². The van der Waals surface area contributed by atoms with Crippen molar-refractivity contribution in [3.8, 4) is 11.5 Å². The number of aromatic nitrogens is 1. The number of hydrogen-bond acceptors (Lipinski definition) is 6. The smallest absolute Gasteiger partial charge is 0.325 e. The summed E-state index contributed by atoms with van der Waals surface area (Å²) in [6.07, 6.45) is 0. The molecule has 4 rings (SSSR count). The van der Waals surface area contributed by atoms with E-state index >= 15 is 0 Å². The number of nitrogens with zero attached hydrogens (tertiary/aromatic N) is 2. The van der Waals surface area contributed by atoms with Gasteiger partial charge in [-0.2, -0.15) is 0 Å². The lowest BCUT2D eigenvalue weighted by atomic mass is 9.91. The van der Waals surface area contributed by atoms with Gasteiger partial charge in [-0.3, -0.25) is 9.69 Å². The Balaban J connectivity index is 1.64. The summed E-state index contributed by atoms with van der Waals surface area (Å²) in [5.41, 5.74) is -0.0218. The van der Waals surface area contributed by atoms with E-state index in [1.54, 1.807) is 38.1 Å². The van der Waals surface area contributed by atoms with E-state index in [2.05, 4.69) is 10.5 Å². The number of urea groups is 1. The van der Waals surface area contributed by atoms with Gasteiger partial charge in [-0.1, -0.05) is 11.2 Å². The molecule has 1 fully saturated rings. The van der Waals surface area contributed by atoms with Gasteiger partial charge in [0.1, 0.15) is 17.0 Å². The Labute approximate surface area is 137 Å². The molecule has 1 aromatic carbocycles. The second-order valence-corrected chi connectivity index (χ2v) is 5.94. The lowest BCUT2D eigenvalue weighted by molar-refractivity contribution is -0.131. The highest BCUT2D eigenvalue weighted by molar-refractivity contribution is 6.07. The highest BCUT2D eigenvalue weighted by Gasteiger charge is 2.49. The molecule has 0 spiro atoms.